The van der Waals surface area contributed by atoms with Crippen LogP contribution in [0.2, 0.25) is 0 Å². The number of oxazole rings is 1. The van der Waals surface area contributed by atoms with Crippen LogP contribution in [-0.4, -0.2) is 39.0 Å². The smallest absolute Gasteiger partial charge is 0.251 e. The van der Waals surface area contributed by atoms with E-state index in [1.807, 2.05) is 42.8 Å². The molecule has 4 rings (SSSR count). The summed E-state index contributed by atoms with van der Waals surface area (Å²) < 4.78 is 7.91. The lowest BCUT2D eigenvalue weighted by molar-refractivity contribution is -0.110. The third kappa shape index (κ3) is 3.48. The first-order valence-electron chi connectivity index (χ1n) is 9.90. The Balaban J connectivity index is 1.79. The van der Waals surface area contributed by atoms with Crippen LogP contribution in [0.25, 0.3) is 33.7 Å². The number of amides is 1. The zero-order valence-electron chi connectivity index (χ0n) is 17.2. The fourth-order valence-corrected chi connectivity index (χ4v) is 3.62. The molecule has 156 valence electrons. The van der Waals surface area contributed by atoms with Crippen molar-refractivity contribution in [2.45, 2.75) is 31.8 Å². The summed E-state index contributed by atoms with van der Waals surface area (Å²) in [6.45, 7) is 2.03. The first-order chi connectivity index (χ1) is 14.5. The second-order valence-corrected chi connectivity index (χ2v) is 7.30. The summed E-state index contributed by atoms with van der Waals surface area (Å²) in [6, 6.07) is 7.59. The molecule has 1 amide bonds. The van der Waals surface area contributed by atoms with Crippen molar-refractivity contribution < 1.29 is 9.21 Å². The van der Waals surface area contributed by atoms with Crippen molar-refractivity contribution in [1.82, 2.24) is 24.8 Å². The monoisotopic (exact) mass is 407 g/mol. The summed E-state index contributed by atoms with van der Waals surface area (Å²) in [5.41, 5.74) is 10.5. The molecule has 1 unspecified atom stereocenters. The zero-order valence-corrected chi connectivity index (χ0v) is 17.2. The number of hydrogen-bond acceptors (Lipinski definition) is 7. The van der Waals surface area contributed by atoms with Gasteiger partial charge in [-0.15, -0.1) is 0 Å². The van der Waals surface area contributed by atoms with Crippen molar-refractivity contribution in [2.24, 2.45) is 12.8 Å². The van der Waals surface area contributed by atoms with Crippen molar-refractivity contribution in [3.8, 4) is 11.5 Å². The van der Waals surface area contributed by atoms with Crippen LogP contribution >= 0.6 is 0 Å². The van der Waals surface area contributed by atoms with Gasteiger partial charge >= 0.3 is 0 Å². The number of nitrogens with one attached hydrogen (secondary N) is 2. The van der Waals surface area contributed by atoms with Gasteiger partial charge in [-0.1, -0.05) is 19.1 Å². The van der Waals surface area contributed by atoms with E-state index in [9.17, 15) is 4.79 Å². The highest BCUT2D eigenvalue weighted by Crippen LogP contribution is 2.32. The van der Waals surface area contributed by atoms with Gasteiger partial charge in [0.1, 0.15) is 11.0 Å². The maximum absolute atomic E-state index is 11.1. The number of hydrogen-bond donors (Lipinski definition) is 3. The molecule has 0 spiro atoms. The van der Waals surface area contributed by atoms with Crippen LogP contribution in [0.4, 0.5) is 5.82 Å². The second-order valence-electron chi connectivity index (χ2n) is 7.30. The number of nitrogens with two attached hydrogens (primary N) is 1. The van der Waals surface area contributed by atoms with Crippen molar-refractivity contribution in [3.05, 3.63) is 36.2 Å². The number of rotatable bonds is 8. The van der Waals surface area contributed by atoms with Crippen LogP contribution in [0, 0.1) is 0 Å². The Hall–Kier alpha value is -3.46. The number of anilines is 1. The molecule has 9 heteroatoms. The number of aromatic nitrogens is 4. The molecule has 1 aromatic carbocycles. The maximum atomic E-state index is 11.1. The lowest BCUT2D eigenvalue weighted by atomic mass is 9.97. The Kier molecular flexibility index (Phi) is 5.37. The van der Waals surface area contributed by atoms with Gasteiger partial charge in [-0.3, -0.25) is 4.79 Å². The molecule has 9 nitrogen and oxygen atoms in total. The van der Waals surface area contributed by atoms with Crippen molar-refractivity contribution in [2.75, 3.05) is 12.4 Å². The number of imidazole rings is 1. The summed E-state index contributed by atoms with van der Waals surface area (Å²) in [4.78, 5) is 24.8. The average Bonchev–Trinajstić information content (AvgIpc) is 3.36. The Morgan fingerprint density at radius 1 is 1.30 bits per heavy atom. The zero-order chi connectivity index (χ0) is 21.3. The van der Waals surface area contributed by atoms with Gasteiger partial charge in [0.25, 0.3) is 5.71 Å². The van der Waals surface area contributed by atoms with E-state index >= 15 is 0 Å². The highest BCUT2D eigenvalue weighted by molar-refractivity contribution is 6.03. The van der Waals surface area contributed by atoms with Crippen LogP contribution in [-0.2, 0) is 11.8 Å². The molecule has 0 saturated carbocycles. The van der Waals surface area contributed by atoms with Gasteiger partial charge in [0.2, 0.25) is 12.3 Å². The van der Waals surface area contributed by atoms with Gasteiger partial charge in [-0.05, 0) is 30.5 Å². The van der Waals surface area contributed by atoms with Crippen LogP contribution in [0.5, 0.6) is 0 Å². The minimum absolute atomic E-state index is 0.00211. The highest BCUT2D eigenvalue weighted by Gasteiger charge is 2.20. The molecule has 0 radical (unpaired) electrons. The normalized spacial score (nSPS) is 13.5. The molecule has 3 heterocycles. The number of aryl methyl sites for hydroxylation is 1. The summed E-state index contributed by atoms with van der Waals surface area (Å²) in [7, 11) is 3.71. The molecule has 0 aliphatic carbocycles. The number of pyridine rings is 1. The van der Waals surface area contributed by atoms with Crippen molar-refractivity contribution in [1.29, 1.82) is 0 Å². The molecule has 0 fully saturated rings. The molecule has 0 bridgehead atoms. The Bertz CT molecular complexity index is 1200. The van der Waals surface area contributed by atoms with Gasteiger partial charge in [0.15, 0.2) is 11.3 Å². The third-order valence-electron chi connectivity index (χ3n) is 5.31. The predicted molar refractivity (Wildman–Crippen MR) is 116 cm³/mol. The fraction of sp³-hybridized carbons (Fsp3) is 0.333. The van der Waals surface area contributed by atoms with E-state index in [2.05, 4.69) is 20.6 Å². The minimum atomic E-state index is -0.181. The predicted octanol–water partition coefficient (Wildman–Crippen LogP) is 2.73. The largest absolute Gasteiger partial charge is 0.418 e. The van der Waals surface area contributed by atoms with E-state index in [4.69, 9.17) is 15.1 Å². The lowest BCUT2D eigenvalue weighted by Crippen LogP contribution is -2.28. The minimum Gasteiger partial charge on any atom is -0.418 e. The second kappa shape index (κ2) is 8.11. The molecule has 4 N–H and O–H groups in total. The van der Waals surface area contributed by atoms with E-state index < -0.39 is 0 Å². The Labute approximate surface area is 173 Å². The summed E-state index contributed by atoms with van der Waals surface area (Å²) >= 11 is 0. The standard InChI is InChI=1S/C21H25N7O2/c1-4-14(22)9-15(25-11-29)12-6-5-7-13(8-12)20-26-17-18-16(24-10-28(18)3)19(23-2)27-21(17)30-20/h5-8,10-11,14-15H,4,9,22H2,1-3H3,(H,23,27)(H,25,29)/t14-,15?/m1/s1. The van der Waals surface area contributed by atoms with E-state index in [0.717, 1.165) is 28.6 Å². The SMILES string of the molecule is CC[C@@H](N)CC(NC=O)c1cccc(-c2nc3c(nc(NC)c4ncn(C)c43)o2)c1. The van der Waals surface area contributed by atoms with Crippen LogP contribution in [0.1, 0.15) is 31.4 Å². The molecule has 0 saturated heterocycles. The van der Waals surface area contributed by atoms with Crippen LogP contribution < -0.4 is 16.4 Å². The number of carbonyl (C=O) groups is 1. The fourth-order valence-electron chi connectivity index (χ4n) is 3.62. The first kappa shape index (κ1) is 19.8. The Morgan fingerprint density at radius 3 is 2.87 bits per heavy atom. The van der Waals surface area contributed by atoms with Gasteiger partial charge in [-0.25, -0.2) is 9.97 Å². The van der Waals surface area contributed by atoms with Crippen molar-refractivity contribution in [3.63, 3.8) is 0 Å². The van der Waals surface area contributed by atoms with Gasteiger partial charge < -0.3 is 25.4 Å². The number of benzene rings is 1. The maximum Gasteiger partial charge on any atom is 0.251 e. The molecule has 2 atom stereocenters. The van der Waals surface area contributed by atoms with Gasteiger partial charge in [0.05, 0.1) is 12.4 Å². The number of nitrogens with zero attached hydrogens (tertiary/aromatic N) is 4. The van der Waals surface area contributed by atoms with Crippen LogP contribution in [0.15, 0.2) is 35.0 Å². The van der Waals surface area contributed by atoms with E-state index in [0.29, 0.717) is 35.8 Å². The molecule has 30 heavy (non-hydrogen) atoms. The molecule has 0 aliphatic heterocycles. The molecule has 3 aromatic heterocycles. The summed E-state index contributed by atoms with van der Waals surface area (Å²) in [6.07, 6.45) is 3.92. The first-order valence-corrected chi connectivity index (χ1v) is 9.90. The number of carbonyl (C=O) groups excluding carboxylic acids is 1. The molecular weight excluding hydrogens is 382 g/mol. The lowest BCUT2D eigenvalue weighted by Gasteiger charge is -2.20. The summed E-state index contributed by atoms with van der Waals surface area (Å²) in [5, 5.41) is 5.93. The number of fused-ring (bicyclic) bond motifs is 3. The topological polar surface area (TPSA) is 124 Å². The van der Waals surface area contributed by atoms with Crippen LogP contribution in [0.3, 0.4) is 0 Å². The highest BCUT2D eigenvalue weighted by atomic mass is 16.4. The Morgan fingerprint density at radius 2 is 2.13 bits per heavy atom. The van der Waals surface area contributed by atoms with E-state index in [1.165, 1.54) is 0 Å². The van der Waals surface area contributed by atoms with E-state index in [-0.39, 0.29) is 12.1 Å². The van der Waals surface area contributed by atoms with E-state index in [1.54, 1.807) is 13.4 Å². The molecule has 4 aromatic rings. The quantitative estimate of drug-likeness (QED) is 0.384. The third-order valence-corrected chi connectivity index (χ3v) is 5.31. The average molecular weight is 407 g/mol. The summed E-state index contributed by atoms with van der Waals surface area (Å²) in [5.74, 6) is 1.10. The van der Waals surface area contributed by atoms with Gasteiger partial charge in [0, 0.05) is 25.7 Å². The van der Waals surface area contributed by atoms with Crippen molar-refractivity contribution >= 4 is 34.5 Å². The molecule has 0 aliphatic rings. The molecular formula is C21H25N7O2. The van der Waals surface area contributed by atoms with Gasteiger partial charge in [-0.2, -0.15) is 4.98 Å².